The van der Waals surface area contributed by atoms with Crippen molar-refractivity contribution in [3.05, 3.63) is 38.7 Å². The smallest absolute Gasteiger partial charge is 0.305 e. The number of hydrogen-bond donors (Lipinski definition) is 2. The number of aliphatic carboxylic acids is 1. The molecule has 3 fully saturated rings. The number of fused-ring (bicyclic) bond motifs is 9. The molecular formula is C23H24N2O6S2. The van der Waals surface area contributed by atoms with Crippen LogP contribution >= 0.6 is 23.1 Å². The molecule has 2 N–H and O–H groups in total. The zero-order chi connectivity index (χ0) is 22.9. The van der Waals surface area contributed by atoms with Gasteiger partial charge in [-0.1, -0.05) is 17.8 Å². The van der Waals surface area contributed by atoms with E-state index in [0.29, 0.717) is 25.8 Å². The first kappa shape index (κ1) is 21.2. The number of thioether (sulfide) groups is 1. The number of aromatic nitrogens is 1. The third-order valence-electron chi connectivity index (χ3n) is 7.94. The van der Waals surface area contributed by atoms with Crippen LogP contribution in [-0.2, 0) is 14.4 Å². The number of nitrogens with one attached hydrogen (secondary N) is 1. The Kier molecular flexibility index (Phi) is 5.06. The van der Waals surface area contributed by atoms with Crippen LogP contribution < -0.4 is 4.87 Å². The van der Waals surface area contributed by atoms with Crippen molar-refractivity contribution in [2.45, 2.75) is 48.3 Å². The molecule has 174 valence electrons. The van der Waals surface area contributed by atoms with Crippen LogP contribution in [-0.4, -0.2) is 44.6 Å². The van der Waals surface area contributed by atoms with E-state index in [9.17, 15) is 19.2 Å². The van der Waals surface area contributed by atoms with Crippen molar-refractivity contribution in [1.82, 2.24) is 9.88 Å². The van der Waals surface area contributed by atoms with Gasteiger partial charge in [0.05, 0.1) is 33.9 Å². The summed E-state index contributed by atoms with van der Waals surface area (Å²) in [7, 11) is 0. The number of imide groups is 1. The molecule has 0 radical (unpaired) electrons. The van der Waals surface area contributed by atoms with E-state index in [4.69, 9.17) is 9.52 Å². The molecule has 0 spiro atoms. The quantitative estimate of drug-likeness (QED) is 0.454. The highest BCUT2D eigenvalue weighted by Crippen LogP contribution is 2.68. The van der Waals surface area contributed by atoms with Crippen LogP contribution in [0.25, 0.3) is 0 Å². The molecule has 0 unspecified atom stereocenters. The number of H-pyrrole nitrogens is 1. The largest absolute Gasteiger partial charge is 0.481 e. The molecule has 7 atom stereocenters. The lowest BCUT2D eigenvalue weighted by atomic mass is 9.69. The van der Waals surface area contributed by atoms with Crippen LogP contribution in [0, 0.1) is 29.6 Å². The van der Waals surface area contributed by atoms with Crippen LogP contribution in [0.5, 0.6) is 0 Å². The van der Waals surface area contributed by atoms with E-state index in [-0.39, 0.29) is 63.9 Å². The maximum absolute atomic E-state index is 13.4. The molecular weight excluding hydrogens is 464 g/mol. The van der Waals surface area contributed by atoms with Crippen LogP contribution in [0.1, 0.15) is 48.7 Å². The fourth-order valence-electron chi connectivity index (χ4n) is 6.81. The van der Waals surface area contributed by atoms with Gasteiger partial charge >= 0.3 is 10.8 Å². The summed E-state index contributed by atoms with van der Waals surface area (Å²) in [6.07, 6.45) is 4.48. The Bertz CT molecular complexity index is 1170. The molecule has 6 rings (SSSR count). The van der Waals surface area contributed by atoms with Gasteiger partial charge in [0.25, 0.3) is 0 Å². The number of nitrogens with zero attached hydrogens (tertiary/aromatic N) is 1. The number of unbranched alkanes of at least 4 members (excludes halogenated alkanes) is 2. The fraction of sp³-hybridized carbons (Fsp3) is 0.565. The number of rotatable bonds is 7. The predicted molar refractivity (Wildman–Crippen MR) is 120 cm³/mol. The topological polar surface area (TPSA) is 121 Å². The molecule has 2 aromatic rings. The minimum absolute atomic E-state index is 0.0612. The van der Waals surface area contributed by atoms with Gasteiger partial charge in [0.1, 0.15) is 5.76 Å². The maximum Gasteiger partial charge on any atom is 0.305 e. The van der Waals surface area contributed by atoms with Gasteiger partial charge in [0.2, 0.25) is 11.8 Å². The first-order chi connectivity index (χ1) is 16.0. The number of carboxylic acids is 1. The Morgan fingerprint density at radius 1 is 1.15 bits per heavy atom. The highest BCUT2D eigenvalue weighted by atomic mass is 32.2. The molecule has 4 aliphatic rings. The second-order valence-electron chi connectivity index (χ2n) is 9.51. The standard InChI is InChI=1S/C23H24N2O6S2/c26-13(27)6-2-1-3-7-25-21(28)15-10-9-11(16(15)22(25)29)18-14(10)17(12-5-4-8-31-12)19-20(32-18)24-23(30)33-19/h4-5,8,10-11,14-18H,1-3,6-7,9H2,(H,24,30)(H,26,27)/t10-,11-,14-,15+,16-,17-,18-/m1/s1. The second kappa shape index (κ2) is 7.87. The third-order valence-corrected chi connectivity index (χ3v) is 10.5. The Hall–Kier alpha value is -2.33. The van der Waals surface area contributed by atoms with E-state index in [1.807, 2.05) is 12.1 Å². The molecule has 8 nitrogen and oxygen atoms in total. The van der Waals surface area contributed by atoms with E-state index >= 15 is 0 Å². The molecule has 0 aromatic carbocycles. The van der Waals surface area contributed by atoms with Crippen molar-refractivity contribution in [1.29, 1.82) is 0 Å². The normalized spacial score (nSPS) is 33.9. The number of hydrogen-bond acceptors (Lipinski definition) is 7. The summed E-state index contributed by atoms with van der Waals surface area (Å²) in [5.74, 6) is -0.429. The summed E-state index contributed by atoms with van der Waals surface area (Å²) in [4.78, 5) is 54.9. The summed E-state index contributed by atoms with van der Waals surface area (Å²) < 4.78 is 5.81. The molecule has 33 heavy (non-hydrogen) atoms. The summed E-state index contributed by atoms with van der Waals surface area (Å²) >= 11 is 2.89. The molecule has 2 aliphatic heterocycles. The van der Waals surface area contributed by atoms with Crippen molar-refractivity contribution >= 4 is 40.9 Å². The van der Waals surface area contributed by atoms with Gasteiger partial charge in [0, 0.05) is 18.2 Å². The third kappa shape index (κ3) is 3.17. The molecule has 2 amide bonds. The van der Waals surface area contributed by atoms with E-state index in [2.05, 4.69) is 4.98 Å². The van der Waals surface area contributed by atoms with Crippen molar-refractivity contribution in [3.8, 4) is 0 Å². The maximum atomic E-state index is 13.4. The molecule has 2 saturated carbocycles. The number of furan rings is 1. The summed E-state index contributed by atoms with van der Waals surface area (Å²) in [6, 6.07) is 3.80. The van der Waals surface area contributed by atoms with Crippen molar-refractivity contribution in [2.75, 3.05) is 6.54 Å². The first-order valence-electron chi connectivity index (χ1n) is 11.5. The Balaban J connectivity index is 1.27. The minimum atomic E-state index is -0.824. The van der Waals surface area contributed by atoms with Gasteiger partial charge in [-0.25, -0.2) is 0 Å². The van der Waals surface area contributed by atoms with E-state index in [1.165, 1.54) is 16.2 Å². The Morgan fingerprint density at radius 3 is 2.67 bits per heavy atom. The lowest BCUT2D eigenvalue weighted by Crippen LogP contribution is -2.42. The number of aromatic amines is 1. The van der Waals surface area contributed by atoms with Crippen molar-refractivity contribution in [2.24, 2.45) is 29.6 Å². The Labute approximate surface area is 197 Å². The molecule has 2 aromatic heterocycles. The monoisotopic (exact) mass is 488 g/mol. The highest BCUT2D eigenvalue weighted by Gasteiger charge is 2.69. The van der Waals surface area contributed by atoms with Crippen LogP contribution in [0.4, 0.5) is 0 Å². The van der Waals surface area contributed by atoms with E-state index in [0.717, 1.165) is 22.1 Å². The predicted octanol–water partition coefficient (Wildman–Crippen LogP) is 3.15. The lowest BCUT2D eigenvalue weighted by molar-refractivity contribution is -0.141. The number of carbonyl (C=O) groups excluding carboxylic acids is 2. The van der Waals surface area contributed by atoms with Crippen LogP contribution in [0.3, 0.4) is 0 Å². The lowest BCUT2D eigenvalue weighted by Gasteiger charge is -2.42. The molecule has 2 aliphatic carbocycles. The molecule has 10 heteroatoms. The van der Waals surface area contributed by atoms with Gasteiger partial charge < -0.3 is 14.5 Å². The summed E-state index contributed by atoms with van der Waals surface area (Å²) in [6.45, 7) is 0.370. The van der Waals surface area contributed by atoms with E-state index in [1.54, 1.807) is 18.0 Å². The fourth-order valence-corrected chi connectivity index (χ4v) is 9.68. The summed E-state index contributed by atoms with van der Waals surface area (Å²) in [5, 5.41) is 9.83. The number of amides is 2. The summed E-state index contributed by atoms with van der Waals surface area (Å²) in [5.41, 5.74) is 0. The number of thiazole rings is 1. The second-order valence-corrected chi connectivity index (χ2v) is 11.7. The number of carbonyl (C=O) groups is 3. The Morgan fingerprint density at radius 2 is 1.94 bits per heavy atom. The van der Waals surface area contributed by atoms with E-state index < -0.39 is 5.97 Å². The van der Waals surface area contributed by atoms with Crippen LogP contribution in [0.2, 0.25) is 0 Å². The number of likely N-dealkylation sites (tertiary alicyclic amines) is 1. The van der Waals surface area contributed by atoms with Gasteiger partial charge in [0.15, 0.2) is 0 Å². The zero-order valence-corrected chi connectivity index (χ0v) is 19.4. The van der Waals surface area contributed by atoms with Gasteiger partial charge in [-0.3, -0.25) is 24.1 Å². The number of carboxylic acid groups (broad SMARTS) is 1. The molecule has 2 bridgehead atoms. The van der Waals surface area contributed by atoms with Gasteiger partial charge in [-0.05, 0) is 49.1 Å². The zero-order valence-electron chi connectivity index (χ0n) is 17.8. The van der Waals surface area contributed by atoms with Crippen molar-refractivity contribution in [3.63, 3.8) is 0 Å². The SMILES string of the molecule is O=C(O)CCCCCN1C(=O)[C@@H]2[C@H]3C[C@@H]([C@@H]2C1=O)[C@@H]1[C@@H](c2ccco2)c2sc(=O)[nH]c2S[C@H]31. The first-order valence-corrected chi connectivity index (χ1v) is 13.2. The molecule has 1 saturated heterocycles. The minimum Gasteiger partial charge on any atom is -0.481 e. The van der Waals surface area contributed by atoms with Gasteiger partial charge in [-0.2, -0.15) is 0 Å². The highest BCUT2D eigenvalue weighted by molar-refractivity contribution is 8.00. The van der Waals surface area contributed by atoms with Crippen molar-refractivity contribution < 1.29 is 23.9 Å². The van der Waals surface area contributed by atoms with Crippen LogP contribution in [0.15, 0.2) is 32.6 Å². The van der Waals surface area contributed by atoms with Gasteiger partial charge in [-0.15, -0.1) is 11.8 Å². The average molecular weight is 489 g/mol. The average Bonchev–Trinajstić information content (AvgIpc) is 3.57. The molecule has 4 heterocycles.